The maximum atomic E-state index is 13.0. The highest BCUT2D eigenvalue weighted by atomic mass is 35.5. The molecule has 2 aromatic rings. The molecule has 1 aliphatic heterocycles. The minimum absolute atomic E-state index is 0.0881. The van der Waals surface area contributed by atoms with Crippen LogP contribution in [-0.4, -0.2) is 37.0 Å². The molecule has 1 heterocycles. The first kappa shape index (κ1) is 16.1. The first-order valence-corrected chi connectivity index (χ1v) is 8.05. The van der Waals surface area contributed by atoms with Gasteiger partial charge in [0.2, 0.25) is 0 Å². The minimum atomic E-state index is -0.347. The summed E-state index contributed by atoms with van der Waals surface area (Å²) in [6, 6.07) is 11.0. The van der Waals surface area contributed by atoms with E-state index in [0.717, 1.165) is 5.69 Å². The Morgan fingerprint density at radius 1 is 0.913 bits per heavy atom. The lowest BCUT2D eigenvalue weighted by molar-refractivity contribution is 0.0747. The molecule has 0 saturated carbocycles. The van der Waals surface area contributed by atoms with Crippen LogP contribution in [0, 0.1) is 5.82 Å². The number of piperazine rings is 1. The van der Waals surface area contributed by atoms with Gasteiger partial charge in [-0.15, -0.1) is 0 Å². The summed E-state index contributed by atoms with van der Waals surface area (Å²) in [5.74, 6) is -0.436. The van der Waals surface area contributed by atoms with Crippen molar-refractivity contribution in [1.29, 1.82) is 0 Å². The maximum Gasteiger partial charge on any atom is 0.253 e. The van der Waals surface area contributed by atoms with Crippen LogP contribution in [0.25, 0.3) is 0 Å². The molecule has 0 N–H and O–H groups in total. The molecule has 3 rings (SSSR count). The molecule has 1 amide bonds. The fourth-order valence-corrected chi connectivity index (χ4v) is 3.34. The number of benzene rings is 2. The molecule has 1 saturated heterocycles. The molecule has 0 bridgehead atoms. The van der Waals surface area contributed by atoms with Gasteiger partial charge < -0.3 is 9.80 Å². The largest absolute Gasteiger partial charge is 0.366 e. The van der Waals surface area contributed by atoms with E-state index in [2.05, 4.69) is 4.90 Å². The predicted octanol–water partition coefficient (Wildman–Crippen LogP) is 4.09. The van der Waals surface area contributed by atoms with Crippen LogP contribution in [-0.2, 0) is 0 Å². The summed E-state index contributed by atoms with van der Waals surface area (Å²) >= 11 is 12.5. The number of halogens is 3. The molecule has 1 aliphatic rings. The summed E-state index contributed by atoms with van der Waals surface area (Å²) in [6.45, 7) is 2.43. The van der Waals surface area contributed by atoms with Gasteiger partial charge in [-0.05, 0) is 36.4 Å². The monoisotopic (exact) mass is 352 g/mol. The highest BCUT2D eigenvalue weighted by molar-refractivity contribution is 6.39. The Labute approximate surface area is 144 Å². The first-order chi connectivity index (χ1) is 11.1. The maximum absolute atomic E-state index is 13.0. The van der Waals surface area contributed by atoms with E-state index in [1.807, 2.05) is 6.07 Å². The lowest BCUT2D eigenvalue weighted by atomic mass is 10.1. The predicted molar refractivity (Wildman–Crippen MR) is 91.0 cm³/mol. The lowest BCUT2D eigenvalue weighted by Crippen LogP contribution is -2.49. The number of amides is 1. The zero-order chi connectivity index (χ0) is 16.4. The van der Waals surface area contributed by atoms with E-state index in [0.29, 0.717) is 41.8 Å². The molecule has 0 unspecified atom stereocenters. The van der Waals surface area contributed by atoms with E-state index >= 15 is 0 Å². The second kappa shape index (κ2) is 6.77. The van der Waals surface area contributed by atoms with E-state index in [4.69, 9.17) is 23.2 Å². The Morgan fingerprint density at radius 2 is 1.48 bits per heavy atom. The topological polar surface area (TPSA) is 23.6 Å². The number of anilines is 1. The summed E-state index contributed by atoms with van der Waals surface area (Å²) in [5.41, 5.74) is 1.31. The van der Waals surface area contributed by atoms with Gasteiger partial charge in [-0.1, -0.05) is 29.3 Å². The van der Waals surface area contributed by atoms with Crippen LogP contribution in [0.5, 0.6) is 0 Å². The van der Waals surface area contributed by atoms with Crippen LogP contribution >= 0.6 is 23.2 Å². The SMILES string of the molecule is O=C(c1ccc(F)cc1)N1CCN(c2c(Cl)cccc2Cl)CC1. The average molecular weight is 353 g/mol. The Morgan fingerprint density at radius 3 is 2.04 bits per heavy atom. The van der Waals surface area contributed by atoms with E-state index in [9.17, 15) is 9.18 Å². The number of nitrogens with zero attached hydrogens (tertiary/aromatic N) is 2. The van der Waals surface area contributed by atoms with Gasteiger partial charge in [-0.3, -0.25) is 4.79 Å². The molecule has 2 aromatic carbocycles. The standard InChI is InChI=1S/C17H15Cl2FN2O/c18-14-2-1-3-15(19)16(14)21-8-10-22(11-9-21)17(23)12-4-6-13(20)7-5-12/h1-7H,8-11H2. The highest BCUT2D eigenvalue weighted by Crippen LogP contribution is 2.34. The summed E-state index contributed by atoms with van der Waals surface area (Å²) in [7, 11) is 0. The quantitative estimate of drug-likeness (QED) is 0.812. The smallest absolute Gasteiger partial charge is 0.253 e. The molecule has 6 heteroatoms. The van der Waals surface area contributed by atoms with Gasteiger partial charge in [0.1, 0.15) is 5.82 Å². The summed E-state index contributed by atoms with van der Waals surface area (Å²) in [5, 5.41) is 1.21. The molecule has 0 aliphatic carbocycles. The third kappa shape index (κ3) is 3.43. The zero-order valence-electron chi connectivity index (χ0n) is 12.3. The molecule has 0 aromatic heterocycles. The molecule has 1 fully saturated rings. The second-order valence-corrected chi connectivity index (χ2v) is 6.17. The minimum Gasteiger partial charge on any atom is -0.366 e. The molecular formula is C17H15Cl2FN2O. The van der Waals surface area contributed by atoms with Crippen LogP contribution in [0.2, 0.25) is 10.0 Å². The number of hydrogen-bond acceptors (Lipinski definition) is 2. The van der Waals surface area contributed by atoms with Crippen LogP contribution in [0.4, 0.5) is 10.1 Å². The molecule has 120 valence electrons. The Hall–Kier alpha value is -1.78. The number of rotatable bonds is 2. The summed E-state index contributed by atoms with van der Waals surface area (Å²) < 4.78 is 13.0. The number of para-hydroxylation sites is 1. The molecule has 23 heavy (non-hydrogen) atoms. The van der Waals surface area contributed by atoms with E-state index < -0.39 is 0 Å². The Balaban J connectivity index is 1.69. The normalized spacial score (nSPS) is 14.9. The Bertz CT molecular complexity index is 693. The van der Waals surface area contributed by atoms with E-state index in [-0.39, 0.29) is 11.7 Å². The van der Waals surface area contributed by atoms with Crippen LogP contribution < -0.4 is 4.90 Å². The van der Waals surface area contributed by atoms with Gasteiger partial charge in [0, 0.05) is 31.7 Å². The van der Waals surface area contributed by atoms with Crippen LogP contribution in [0.15, 0.2) is 42.5 Å². The first-order valence-electron chi connectivity index (χ1n) is 7.30. The van der Waals surface area contributed by atoms with Crippen molar-refractivity contribution < 1.29 is 9.18 Å². The van der Waals surface area contributed by atoms with Gasteiger partial charge in [-0.25, -0.2) is 4.39 Å². The molecular weight excluding hydrogens is 338 g/mol. The summed E-state index contributed by atoms with van der Waals surface area (Å²) in [4.78, 5) is 16.3. The van der Waals surface area contributed by atoms with Gasteiger partial charge in [0.15, 0.2) is 0 Å². The number of carbonyl (C=O) groups is 1. The van der Waals surface area contributed by atoms with E-state index in [1.165, 1.54) is 24.3 Å². The van der Waals surface area contributed by atoms with Gasteiger partial charge in [0.05, 0.1) is 15.7 Å². The molecule has 3 nitrogen and oxygen atoms in total. The summed E-state index contributed by atoms with van der Waals surface area (Å²) in [6.07, 6.45) is 0. The lowest BCUT2D eigenvalue weighted by Gasteiger charge is -2.36. The number of hydrogen-bond donors (Lipinski definition) is 0. The third-order valence-electron chi connectivity index (χ3n) is 3.91. The van der Waals surface area contributed by atoms with Crippen LogP contribution in [0.1, 0.15) is 10.4 Å². The van der Waals surface area contributed by atoms with E-state index in [1.54, 1.807) is 17.0 Å². The number of carbonyl (C=O) groups excluding carboxylic acids is 1. The van der Waals surface area contributed by atoms with Gasteiger partial charge in [0.25, 0.3) is 5.91 Å². The van der Waals surface area contributed by atoms with Crippen molar-refractivity contribution in [3.8, 4) is 0 Å². The van der Waals surface area contributed by atoms with Crippen molar-refractivity contribution in [3.63, 3.8) is 0 Å². The van der Waals surface area contributed by atoms with Crippen molar-refractivity contribution >= 4 is 34.8 Å². The fraction of sp³-hybridized carbons (Fsp3) is 0.235. The third-order valence-corrected chi connectivity index (χ3v) is 4.52. The average Bonchev–Trinajstić information content (AvgIpc) is 2.55. The molecule has 0 radical (unpaired) electrons. The molecule has 0 spiro atoms. The van der Waals surface area contributed by atoms with Crippen LogP contribution in [0.3, 0.4) is 0 Å². The van der Waals surface area contributed by atoms with Gasteiger partial charge in [-0.2, -0.15) is 0 Å². The van der Waals surface area contributed by atoms with Crippen molar-refractivity contribution in [1.82, 2.24) is 4.90 Å². The van der Waals surface area contributed by atoms with Gasteiger partial charge >= 0.3 is 0 Å². The van der Waals surface area contributed by atoms with Crippen molar-refractivity contribution in [2.45, 2.75) is 0 Å². The van der Waals surface area contributed by atoms with Crippen molar-refractivity contribution in [2.75, 3.05) is 31.1 Å². The fourth-order valence-electron chi connectivity index (χ4n) is 2.70. The van der Waals surface area contributed by atoms with Crippen molar-refractivity contribution in [3.05, 3.63) is 63.9 Å². The molecule has 0 atom stereocenters. The second-order valence-electron chi connectivity index (χ2n) is 5.36. The zero-order valence-corrected chi connectivity index (χ0v) is 13.8. The van der Waals surface area contributed by atoms with Crippen molar-refractivity contribution in [2.24, 2.45) is 0 Å². The highest BCUT2D eigenvalue weighted by Gasteiger charge is 2.24. The Kier molecular flexibility index (Phi) is 4.74.